The van der Waals surface area contributed by atoms with E-state index >= 15 is 0 Å². The molecule has 0 aliphatic carbocycles. The van der Waals surface area contributed by atoms with Crippen molar-refractivity contribution in [1.82, 2.24) is 0 Å². The van der Waals surface area contributed by atoms with E-state index in [9.17, 15) is 0 Å². The SMILES string of the molecule is CN=C=Nc1cc(C)ccc1OC. The molecule has 0 saturated heterocycles. The van der Waals surface area contributed by atoms with Gasteiger partial charge in [0.15, 0.2) is 0 Å². The molecule has 1 rings (SSSR count). The van der Waals surface area contributed by atoms with Crippen LogP contribution in [0.5, 0.6) is 5.75 Å². The summed E-state index contributed by atoms with van der Waals surface area (Å²) in [4.78, 5) is 7.68. The maximum Gasteiger partial charge on any atom is 0.145 e. The van der Waals surface area contributed by atoms with E-state index in [-0.39, 0.29) is 0 Å². The molecule has 3 nitrogen and oxygen atoms in total. The van der Waals surface area contributed by atoms with Gasteiger partial charge in [-0.1, -0.05) is 6.07 Å². The van der Waals surface area contributed by atoms with Crippen molar-refractivity contribution in [3.05, 3.63) is 23.8 Å². The van der Waals surface area contributed by atoms with Gasteiger partial charge in [-0.3, -0.25) is 0 Å². The van der Waals surface area contributed by atoms with E-state index in [1.807, 2.05) is 25.1 Å². The van der Waals surface area contributed by atoms with E-state index in [0.717, 1.165) is 17.0 Å². The molecule has 0 aliphatic heterocycles. The van der Waals surface area contributed by atoms with E-state index in [0.29, 0.717) is 0 Å². The van der Waals surface area contributed by atoms with Gasteiger partial charge in [-0.15, -0.1) is 0 Å². The summed E-state index contributed by atoms with van der Waals surface area (Å²) in [5, 5.41) is 0. The van der Waals surface area contributed by atoms with Crippen LogP contribution in [-0.4, -0.2) is 20.2 Å². The number of aliphatic imine (C=N–C) groups is 2. The van der Waals surface area contributed by atoms with Gasteiger partial charge in [0.05, 0.1) is 13.1 Å². The van der Waals surface area contributed by atoms with Gasteiger partial charge in [0.1, 0.15) is 11.4 Å². The second kappa shape index (κ2) is 4.43. The average Bonchev–Trinajstić information content (AvgIpc) is 2.15. The van der Waals surface area contributed by atoms with Gasteiger partial charge in [-0.05, 0) is 24.6 Å². The molecule has 1 aromatic carbocycles. The molecule has 0 N–H and O–H groups in total. The predicted octanol–water partition coefficient (Wildman–Crippen LogP) is 2.44. The van der Waals surface area contributed by atoms with Crippen LogP contribution in [0.25, 0.3) is 0 Å². The quantitative estimate of drug-likeness (QED) is 0.637. The van der Waals surface area contributed by atoms with Crippen LogP contribution in [0.2, 0.25) is 0 Å². The first-order valence-electron chi connectivity index (χ1n) is 3.97. The van der Waals surface area contributed by atoms with Gasteiger partial charge in [-0.2, -0.15) is 4.99 Å². The first-order chi connectivity index (χ1) is 6.27. The molecule has 0 aliphatic rings. The van der Waals surface area contributed by atoms with Gasteiger partial charge in [-0.25, -0.2) is 4.99 Å². The maximum atomic E-state index is 5.12. The Morgan fingerprint density at radius 2 is 2.15 bits per heavy atom. The van der Waals surface area contributed by atoms with E-state index in [4.69, 9.17) is 4.74 Å². The zero-order valence-corrected chi connectivity index (χ0v) is 8.03. The van der Waals surface area contributed by atoms with Crippen LogP contribution < -0.4 is 4.74 Å². The van der Waals surface area contributed by atoms with Crippen LogP contribution >= 0.6 is 0 Å². The van der Waals surface area contributed by atoms with Crippen molar-refractivity contribution in [1.29, 1.82) is 0 Å². The molecule has 0 bridgehead atoms. The lowest BCUT2D eigenvalue weighted by Crippen LogP contribution is -1.83. The second-order valence-corrected chi connectivity index (χ2v) is 2.61. The lowest BCUT2D eigenvalue weighted by atomic mass is 10.2. The Bertz CT molecular complexity index is 352. The minimum absolute atomic E-state index is 0.738. The van der Waals surface area contributed by atoms with Gasteiger partial charge >= 0.3 is 0 Å². The number of ether oxygens (including phenoxy) is 1. The smallest absolute Gasteiger partial charge is 0.145 e. The minimum atomic E-state index is 0.738. The maximum absolute atomic E-state index is 5.12. The third-order valence-corrected chi connectivity index (χ3v) is 1.60. The molecule has 13 heavy (non-hydrogen) atoms. The molecule has 1 aromatic rings. The largest absolute Gasteiger partial charge is 0.494 e. The summed E-state index contributed by atoms with van der Waals surface area (Å²) in [7, 11) is 3.25. The van der Waals surface area contributed by atoms with Crippen molar-refractivity contribution in [2.45, 2.75) is 6.92 Å². The fraction of sp³-hybridized carbons (Fsp3) is 0.300. The van der Waals surface area contributed by atoms with E-state index in [2.05, 4.69) is 16.0 Å². The van der Waals surface area contributed by atoms with Crippen molar-refractivity contribution >= 4 is 11.7 Å². The molecule has 0 atom stereocenters. The van der Waals surface area contributed by atoms with Crippen LogP contribution in [0.3, 0.4) is 0 Å². The second-order valence-electron chi connectivity index (χ2n) is 2.61. The Kier molecular flexibility index (Phi) is 3.23. The number of hydrogen-bond acceptors (Lipinski definition) is 3. The third kappa shape index (κ3) is 2.42. The first-order valence-corrected chi connectivity index (χ1v) is 3.97. The Morgan fingerprint density at radius 3 is 2.77 bits per heavy atom. The van der Waals surface area contributed by atoms with Crippen LogP contribution in [0.4, 0.5) is 5.69 Å². The van der Waals surface area contributed by atoms with Gasteiger partial charge in [0.25, 0.3) is 0 Å². The van der Waals surface area contributed by atoms with Gasteiger partial charge in [0.2, 0.25) is 0 Å². The molecule has 0 radical (unpaired) electrons. The Labute approximate surface area is 77.8 Å². The van der Waals surface area contributed by atoms with Crippen molar-refractivity contribution < 1.29 is 4.74 Å². The normalized spacial score (nSPS) is 8.85. The first kappa shape index (κ1) is 9.49. The zero-order chi connectivity index (χ0) is 9.68. The molecule has 3 heteroatoms. The molecule has 0 spiro atoms. The summed E-state index contributed by atoms with van der Waals surface area (Å²) < 4.78 is 5.12. The summed E-state index contributed by atoms with van der Waals surface area (Å²) in [6.07, 6.45) is 0. The summed E-state index contributed by atoms with van der Waals surface area (Å²) in [5.41, 5.74) is 1.89. The monoisotopic (exact) mass is 176 g/mol. The molecule has 0 saturated carbocycles. The average molecular weight is 176 g/mol. The van der Waals surface area contributed by atoms with Crippen molar-refractivity contribution in [3.8, 4) is 5.75 Å². The van der Waals surface area contributed by atoms with E-state index in [1.54, 1.807) is 14.2 Å². The van der Waals surface area contributed by atoms with Crippen molar-refractivity contribution in [2.24, 2.45) is 9.98 Å². The zero-order valence-electron chi connectivity index (χ0n) is 8.03. The van der Waals surface area contributed by atoms with E-state index in [1.165, 1.54) is 0 Å². The summed E-state index contributed by atoms with van der Waals surface area (Å²) >= 11 is 0. The van der Waals surface area contributed by atoms with Crippen LogP contribution in [0.1, 0.15) is 5.56 Å². The number of rotatable bonds is 2. The Morgan fingerprint density at radius 1 is 1.38 bits per heavy atom. The predicted molar refractivity (Wildman–Crippen MR) is 53.2 cm³/mol. The molecule has 0 unspecified atom stereocenters. The van der Waals surface area contributed by atoms with Crippen LogP contribution in [0, 0.1) is 6.92 Å². The fourth-order valence-electron chi connectivity index (χ4n) is 0.991. The van der Waals surface area contributed by atoms with Crippen molar-refractivity contribution in [2.75, 3.05) is 14.2 Å². The highest BCUT2D eigenvalue weighted by atomic mass is 16.5. The molecule has 0 amide bonds. The number of nitrogens with zero attached hydrogens (tertiary/aromatic N) is 2. The highest BCUT2D eigenvalue weighted by Gasteiger charge is 1.99. The fourth-order valence-corrected chi connectivity index (χ4v) is 0.991. The van der Waals surface area contributed by atoms with Crippen LogP contribution in [0.15, 0.2) is 28.2 Å². The lowest BCUT2D eigenvalue weighted by molar-refractivity contribution is 0.416. The molecule has 68 valence electrons. The Balaban J connectivity index is 3.15. The number of hydrogen-bond donors (Lipinski definition) is 0. The molecule has 0 fully saturated rings. The molecule has 0 heterocycles. The number of aryl methyl sites for hydroxylation is 1. The highest BCUT2D eigenvalue weighted by Crippen LogP contribution is 2.27. The molecular weight excluding hydrogens is 164 g/mol. The van der Waals surface area contributed by atoms with Gasteiger partial charge < -0.3 is 4.74 Å². The Hall–Kier alpha value is -1.60. The summed E-state index contributed by atoms with van der Waals surface area (Å²) in [5.74, 6) is 0.738. The number of benzene rings is 1. The molecule has 0 aromatic heterocycles. The molecular formula is C10H12N2O. The van der Waals surface area contributed by atoms with Crippen molar-refractivity contribution in [3.63, 3.8) is 0 Å². The third-order valence-electron chi connectivity index (χ3n) is 1.60. The topological polar surface area (TPSA) is 34.0 Å². The van der Waals surface area contributed by atoms with Gasteiger partial charge in [0, 0.05) is 7.05 Å². The lowest BCUT2D eigenvalue weighted by Gasteiger charge is -2.02. The standard InChI is InChI=1S/C10H12N2O/c1-8-4-5-10(13-3)9(6-8)12-7-11-2/h4-6H,1-3H3. The van der Waals surface area contributed by atoms with E-state index < -0.39 is 0 Å². The number of methoxy groups -OCH3 is 1. The minimum Gasteiger partial charge on any atom is -0.494 e. The van der Waals surface area contributed by atoms with Crippen LogP contribution in [-0.2, 0) is 0 Å². The highest BCUT2D eigenvalue weighted by molar-refractivity contribution is 5.60. The summed E-state index contributed by atoms with van der Waals surface area (Å²) in [6, 6.07) is 8.32. The summed E-state index contributed by atoms with van der Waals surface area (Å²) in [6.45, 7) is 2.00.